The van der Waals surface area contributed by atoms with Crippen LogP contribution in [-0.4, -0.2) is 11.8 Å². The third-order valence-electron chi connectivity index (χ3n) is 3.63. The van der Waals surface area contributed by atoms with Crippen molar-refractivity contribution in [1.29, 1.82) is 0 Å². The number of carbonyl (C=O) groups excluding carboxylic acids is 2. The molecule has 122 valence electrons. The number of rotatable bonds is 4. The summed E-state index contributed by atoms with van der Waals surface area (Å²) in [6.45, 7) is 3.44. The average molecular weight is 322 g/mol. The zero-order chi connectivity index (χ0) is 17.1. The van der Waals surface area contributed by atoms with Crippen LogP contribution in [0.5, 0.6) is 0 Å². The molecule has 3 aromatic rings. The van der Waals surface area contributed by atoms with Crippen LogP contribution in [0.1, 0.15) is 18.1 Å². The summed E-state index contributed by atoms with van der Waals surface area (Å²) >= 11 is 0. The smallest absolute Gasteiger partial charge is 0.228 e. The molecular formula is C19H18N2O3. The van der Waals surface area contributed by atoms with Gasteiger partial charge in [-0.05, 0) is 36.8 Å². The normalized spacial score (nSPS) is 10.6. The van der Waals surface area contributed by atoms with Gasteiger partial charge in [0.25, 0.3) is 0 Å². The first-order chi connectivity index (χ1) is 11.5. The van der Waals surface area contributed by atoms with Gasteiger partial charge < -0.3 is 15.1 Å². The summed E-state index contributed by atoms with van der Waals surface area (Å²) < 4.78 is 5.52. The van der Waals surface area contributed by atoms with Gasteiger partial charge >= 0.3 is 0 Å². The Bertz CT molecular complexity index is 912. The van der Waals surface area contributed by atoms with Gasteiger partial charge in [-0.2, -0.15) is 0 Å². The van der Waals surface area contributed by atoms with E-state index in [4.69, 9.17) is 4.42 Å². The Balaban J connectivity index is 1.72. The molecule has 2 N–H and O–H groups in total. The summed E-state index contributed by atoms with van der Waals surface area (Å²) in [6.07, 6.45) is 1.85. The lowest BCUT2D eigenvalue weighted by molar-refractivity contribution is -0.115. The van der Waals surface area contributed by atoms with Crippen molar-refractivity contribution in [2.45, 2.75) is 20.3 Å². The number of anilines is 2. The molecule has 0 unspecified atom stereocenters. The second-order valence-corrected chi connectivity index (χ2v) is 5.75. The molecule has 0 saturated carbocycles. The van der Waals surface area contributed by atoms with Crippen molar-refractivity contribution >= 4 is 34.2 Å². The van der Waals surface area contributed by atoms with Gasteiger partial charge in [-0.3, -0.25) is 9.59 Å². The van der Waals surface area contributed by atoms with E-state index in [1.54, 1.807) is 30.5 Å². The molecule has 3 rings (SSSR count). The van der Waals surface area contributed by atoms with E-state index in [2.05, 4.69) is 10.6 Å². The molecule has 0 fully saturated rings. The van der Waals surface area contributed by atoms with Gasteiger partial charge in [0.05, 0.1) is 12.7 Å². The molecule has 0 spiro atoms. The van der Waals surface area contributed by atoms with Gasteiger partial charge in [-0.25, -0.2) is 0 Å². The zero-order valence-corrected chi connectivity index (χ0v) is 13.6. The van der Waals surface area contributed by atoms with E-state index >= 15 is 0 Å². The third kappa shape index (κ3) is 3.63. The molecule has 0 aliphatic rings. The predicted molar refractivity (Wildman–Crippen MR) is 94.0 cm³/mol. The lowest BCUT2D eigenvalue weighted by atomic mass is 10.1. The number of carbonyl (C=O) groups is 2. The molecule has 0 bridgehead atoms. The standard InChI is InChI=1S/C19H18N2O3/c1-12-6-7-17-14(11-24-18(17)8-12)9-19(23)21-16-5-3-4-15(10-16)20-13(2)22/h3-8,10-11H,9H2,1-2H3,(H,20,22)(H,21,23). The quantitative estimate of drug-likeness (QED) is 0.765. The van der Waals surface area contributed by atoms with Crippen molar-refractivity contribution < 1.29 is 14.0 Å². The lowest BCUT2D eigenvalue weighted by Gasteiger charge is -2.07. The minimum Gasteiger partial charge on any atom is -0.464 e. The van der Waals surface area contributed by atoms with Crippen LogP contribution in [0.4, 0.5) is 11.4 Å². The zero-order valence-electron chi connectivity index (χ0n) is 13.6. The van der Waals surface area contributed by atoms with Gasteiger partial charge in [0.2, 0.25) is 11.8 Å². The Morgan fingerprint density at radius 3 is 2.54 bits per heavy atom. The highest BCUT2D eigenvalue weighted by Gasteiger charge is 2.11. The lowest BCUT2D eigenvalue weighted by Crippen LogP contribution is -2.14. The van der Waals surface area contributed by atoms with Crippen LogP contribution >= 0.6 is 0 Å². The number of nitrogens with one attached hydrogen (secondary N) is 2. The summed E-state index contributed by atoms with van der Waals surface area (Å²) in [4.78, 5) is 23.4. The number of furan rings is 1. The summed E-state index contributed by atoms with van der Waals surface area (Å²) in [7, 11) is 0. The topological polar surface area (TPSA) is 71.3 Å². The molecule has 1 aromatic heterocycles. The van der Waals surface area contributed by atoms with Crippen LogP contribution in [0.15, 0.2) is 53.1 Å². The first kappa shape index (κ1) is 15.8. The van der Waals surface area contributed by atoms with E-state index < -0.39 is 0 Å². The minimum absolute atomic E-state index is 0.141. The number of amides is 2. The van der Waals surface area contributed by atoms with Crippen molar-refractivity contribution in [3.05, 3.63) is 59.9 Å². The molecule has 0 atom stereocenters. The van der Waals surface area contributed by atoms with Crippen LogP contribution in [0, 0.1) is 6.92 Å². The highest BCUT2D eigenvalue weighted by Crippen LogP contribution is 2.23. The number of hydrogen-bond donors (Lipinski definition) is 2. The Hall–Kier alpha value is -3.08. The van der Waals surface area contributed by atoms with Crippen LogP contribution in [-0.2, 0) is 16.0 Å². The van der Waals surface area contributed by atoms with E-state index in [0.717, 1.165) is 22.1 Å². The molecule has 0 radical (unpaired) electrons. The van der Waals surface area contributed by atoms with Gasteiger partial charge in [-0.1, -0.05) is 18.2 Å². The molecule has 5 heteroatoms. The largest absolute Gasteiger partial charge is 0.464 e. The first-order valence-corrected chi connectivity index (χ1v) is 7.65. The number of fused-ring (bicyclic) bond motifs is 1. The fraction of sp³-hybridized carbons (Fsp3) is 0.158. The average Bonchev–Trinajstić information content (AvgIpc) is 2.88. The molecule has 2 aromatic carbocycles. The molecular weight excluding hydrogens is 304 g/mol. The van der Waals surface area contributed by atoms with Crippen molar-refractivity contribution in [1.82, 2.24) is 0 Å². The summed E-state index contributed by atoms with van der Waals surface area (Å²) in [6, 6.07) is 13.0. The first-order valence-electron chi connectivity index (χ1n) is 7.65. The molecule has 0 aliphatic heterocycles. The van der Waals surface area contributed by atoms with Crippen molar-refractivity contribution in [2.24, 2.45) is 0 Å². The van der Waals surface area contributed by atoms with Crippen molar-refractivity contribution in [3.63, 3.8) is 0 Å². The monoisotopic (exact) mass is 322 g/mol. The van der Waals surface area contributed by atoms with Gasteiger partial charge in [-0.15, -0.1) is 0 Å². The molecule has 1 heterocycles. The van der Waals surface area contributed by atoms with Gasteiger partial charge in [0.15, 0.2) is 0 Å². The Morgan fingerprint density at radius 2 is 1.79 bits per heavy atom. The van der Waals surface area contributed by atoms with E-state index in [9.17, 15) is 9.59 Å². The van der Waals surface area contributed by atoms with Gasteiger partial charge in [0.1, 0.15) is 5.58 Å². The fourth-order valence-corrected chi connectivity index (χ4v) is 2.58. The maximum atomic E-state index is 12.3. The minimum atomic E-state index is -0.154. The van der Waals surface area contributed by atoms with Crippen LogP contribution in [0.25, 0.3) is 11.0 Å². The van der Waals surface area contributed by atoms with Crippen LogP contribution in [0.2, 0.25) is 0 Å². The fourth-order valence-electron chi connectivity index (χ4n) is 2.58. The summed E-state index contributed by atoms with van der Waals surface area (Å²) in [5.74, 6) is -0.295. The maximum Gasteiger partial charge on any atom is 0.228 e. The SMILES string of the molecule is CC(=O)Nc1cccc(NC(=O)Cc2coc3cc(C)ccc23)c1. The van der Waals surface area contributed by atoms with E-state index in [1.807, 2.05) is 25.1 Å². The maximum absolute atomic E-state index is 12.3. The summed E-state index contributed by atoms with van der Waals surface area (Å²) in [5.41, 5.74) is 4.02. The highest BCUT2D eigenvalue weighted by atomic mass is 16.3. The highest BCUT2D eigenvalue weighted by molar-refractivity contribution is 5.96. The van der Waals surface area contributed by atoms with Crippen molar-refractivity contribution in [2.75, 3.05) is 10.6 Å². The Morgan fingerprint density at radius 1 is 1.04 bits per heavy atom. The van der Waals surface area contributed by atoms with Crippen molar-refractivity contribution in [3.8, 4) is 0 Å². The molecule has 5 nitrogen and oxygen atoms in total. The number of aryl methyl sites for hydroxylation is 1. The second-order valence-electron chi connectivity index (χ2n) is 5.75. The van der Waals surface area contributed by atoms with E-state index in [0.29, 0.717) is 11.4 Å². The Kier molecular flexibility index (Phi) is 4.33. The van der Waals surface area contributed by atoms with Crippen LogP contribution < -0.4 is 10.6 Å². The molecule has 0 aliphatic carbocycles. The summed E-state index contributed by atoms with van der Waals surface area (Å²) in [5, 5.41) is 6.47. The third-order valence-corrected chi connectivity index (χ3v) is 3.63. The van der Waals surface area contributed by atoms with E-state index in [-0.39, 0.29) is 18.2 Å². The molecule has 0 saturated heterocycles. The number of hydrogen-bond acceptors (Lipinski definition) is 3. The molecule has 2 amide bonds. The predicted octanol–water partition coefficient (Wildman–Crippen LogP) is 3.88. The number of benzene rings is 2. The van der Waals surface area contributed by atoms with Gasteiger partial charge in [0, 0.05) is 29.2 Å². The molecule has 24 heavy (non-hydrogen) atoms. The van der Waals surface area contributed by atoms with Crippen LogP contribution in [0.3, 0.4) is 0 Å². The second kappa shape index (κ2) is 6.58. The Labute approximate surface area is 139 Å². The van der Waals surface area contributed by atoms with E-state index in [1.165, 1.54) is 6.92 Å².